The maximum atomic E-state index is 11.3. The Morgan fingerprint density at radius 3 is 2.69 bits per heavy atom. The minimum Gasteiger partial charge on any atom is -0.388 e. The molecule has 0 aromatic heterocycles. The Bertz CT molecular complexity index is 372. The van der Waals surface area contributed by atoms with Gasteiger partial charge in [-0.1, -0.05) is 25.3 Å². The van der Waals surface area contributed by atoms with Crippen LogP contribution in [0, 0.1) is 0 Å². The molecule has 0 aromatic rings. The summed E-state index contributed by atoms with van der Waals surface area (Å²) in [6.45, 7) is 8.84. The van der Waals surface area contributed by atoms with Crippen molar-refractivity contribution in [1.29, 1.82) is 0 Å². The number of hydrogen-bond acceptors (Lipinski definition) is 2. The summed E-state index contributed by atoms with van der Waals surface area (Å²) in [5.74, 6) is -0.0383. The molecular formula is C14H18O2. The highest BCUT2D eigenvalue weighted by molar-refractivity contribution is 5.96. The smallest absolute Gasteiger partial charge is 0.159 e. The fraction of sp³-hybridized carbons (Fsp3) is 0.357. The van der Waals surface area contributed by atoms with Crippen LogP contribution < -0.4 is 0 Å². The standard InChI is InChI=1S/C14H18O2/c1-4-11-7-6-8-14(16)13(11)9-12(5-2)10(3)15/h4-5,9,14,16H,1-2,6-8H2,3H3/b12-9+. The van der Waals surface area contributed by atoms with E-state index in [-0.39, 0.29) is 5.78 Å². The molecule has 2 heteroatoms. The van der Waals surface area contributed by atoms with E-state index in [2.05, 4.69) is 13.2 Å². The first-order valence-corrected chi connectivity index (χ1v) is 5.48. The van der Waals surface area contributed by atoms with Gasteiger partial charge >= 0.3 is 0 Å². The maximum Gasteiger partial charge on any atom is 0.159 e. The van der Waals surface area contributed by atoms with Crippen molar-refractivity contribution in [2.75, 3.05) is 0 Å². The van der Waals surface area contributed by atoms with Crippen LogP contribution in [0.4, 0.5) is 0 Å². The molecule has 1 rings (SSSR count). The van der Waals surface area contributed by atoms with E-state index in [1.165, 1.54) is 13.0 Å². The van der Waals surface area contributed by atoms with E-state index < -0.39 is 6.10 Å². The molecule has 86 valence electrons. The van der Waals surface area contributed by atoms with Crippen LogP contribution in [0.2, 0.25) is 0 Å². The largest absolute Gasteiger partial charge is 0.388 e. The number of rotatable bonds is 4. The normalized spacial score (nSPS) is 21.9. The Balaban J connectivity index is 3.16. The molecule has 2 nitrogen and oxygen atoms in total. The molecule has 16 heavy (non-hydrogen) atoms. The lowest BCUT2D eigenvalue weighted by molar-refractivity contribution is -0.113. The SMILES string of the molecule is C=CC1=C(/C=C(\C=C)C(C)=O)C(O)CCC1. The quantitative estimate of drug-likeness (QED) is 0.582. The van der Waals surface area contributed by atoms with Crippen LogP contribution in [-0.4, -0.2) is 17.0 Å². The molecule has 0 aromatic carbocycles. The third kappa shape index (κ3) is 2.80. The zero-order chi connectivity index (χ0) is 12.1. The summed E-state index contributed by atoms with van der Waals surface area (Å²) in [6.07, 6.45) is 7.14. The van der Waals surface area contributed by atoms with Gasteiger partial charge in [0.05, 0.1) is 6.10 Å². The first-order valence-electron chi connectivity index (χ1n) is 5.48. The van der Waals surface area contributed by atoms with Gasteiger partial charge in [-0.25, -0.2) is 0 Å². The maximum absolute atomic E-state index is 11.3. The van der Waals surface area contributed by atoms with E-state index in [0.29, 0.717) is 5.57 Å². The lowest BCUT2D eigenvalue weighted by atomic mass is 9.88. The topological polar surface area (TPSA) is 37.3 Å². The Labute approximate surface area is 96.7 Å². The number of carbonyl (C=O) groups excluding carboxylic acids is 1. The van der Waals surface area contributed by atoms with Crippen molar-refractivity contribution >= 4 is 5.78 Å². The summed E-state index contributed by atoms with van der Waals surface area (Å²) >= 11 is 0. The molecule has 0 spiro atoms. The van der Waals surface area contributed by atoms with Crippen LogP contribution >= 0.6 is 0 Å². The van der Waals surface area contributed by atoms with Gasteiger partial charge in [-0.2, -0.15) is 0 Å². The van der Waals surface area contributed by atoms with Gasteiger partial charge < -0.3 is 5.11 Å². The molecule has 1 aliphatic rings. The van der Waals surface area contributed by atoms with E-state index in [4.69, 9.17) is 0 Å². The number of ketones is 1. The van der Waals surface area contributed by atoms with Gasteiger partial charge in [-0.15, -0.1) is 0 Å². The molecule has 1 unspecified atom stereocenters. The van der Waals surface area contributed by atoms with Crippen LogP contribution in [0.25, 0.3) is 0 Å². The number of aliphatic hydroxyl groups is 1. The summed E-state index contributed by atoms with van der Waals surface area (Å²) in [5.41, 5.74) is 2.38. The van der Waals surface area contributed by atoms with Crippen molar-refractivity contribution < 1.29 is 9.90 Å². The van der Waals surface area contributed by atoms with Gasteiger partial charge in [-0.3, -0.25) is 4.79 Å². The molecule has 0 bridgehead atoms. The third-order valence-electron chi connectivity index (χ3n) is 2.84. The van der Waals surface area contributed by atoms with Crippen LogP contribution in [0.5, 0.6) is 0 Å². The van der Waals surface area contributed by atoms with E-state index in [1.54, 1.807) is 12.2 Å². The van der Waals surface area contributed by atoms with E-state index in [1.807, 2.05) is 0 Å². The van der Waals surface area contributed by atoms with Crippen molar-refractivity contribution in [3.63, 3.8) is 0 Å². The lowest BCUT2D eigenvalue weighted by Crippen LogP contribution is -2.16. The zero-order valence-corrected chi connectivity index (χ0v) is 9.70. The molecule has 0 saturated carbocycles. The summed E-state index contributed by atoms with van der Waals surface area (Å²) in [5, 5.41) is 9.90. The van der Waals surface area contributed by atoms with Crippen LogP contribution in [-0.2, 0) is 4.79 Å². The minimum absolute atomic E-state index is 0.0383. The Morgan fingerprint density at radius 2 is 2.19 bits per heavy atom. The molecule has 0 radical (unpaired) electrons. The number of carbonyl (C=O) groups is 1. The molecule has 0 aliphatic heterocycles. The van der Waals surface area contributed by atoms with E-state index in [9.17, 15) is 9.90 Å². The monoisotopic (exact) mass is 218 g/mol. The van der Waals surface area contributed by atoms with Gasteiger partial charge in [0.25, 0.3) is 0 Å². The molecule has 0 amide bonds. The average molecular weight is 218 g/mol. The number of allylic oxidation sites excluding steroid dienone is 4. The van der Waals surface area contributed by atoms with Crippen molar-refractivity contribution in [1.82, 2.24) is 0 Å². The predicted octanol–water partition coefficient (Wildman–Crippen LogP) is 2.72. The summed E-state index contributed by atoms with van der Waals surface area (Å²) in [7, 11) is 0. The molecule has 0 saturated heterocycles. The molecule has 1 N–H and O–H groups in total. The highest BCUT2D eigenvalue weighted by Crippen LogP contribution is 2.27. The van der Waals surface area contributed by atoms with Gasteiger partial charge in [-0.05, 0) is 43.4 Å². The highest BCUT2D eigenvalue weighted by atomic mass is 16.3. The fourth-order valence-electron chi connectivity index (χ4n) is 1.88. The number of hydrogen-bond donors (Lipinski definition) is 1. The molecular weight excluding hydrogens is 200 g/mol. The van der Waals surface area contributed by atoms with Crippen LogP contribution in [0.15, 0.2) is 48.1 Å². The minimum atomic E-state index is -0.490. The summed E-state index contributed by atoms with van der Waals surface area (Å²) < 4.78 is 0. The summed E-state index contributed by atoms with van der Waals surface area (Å²) in [4.78, 5) is 11.3. The van der Waals surface area contributed by atoms with E-state index in [0.717, 1.165) is 30.4 Å². The highest BCUT2D eigenvalue weighted by Gasteiger charge is 2.18. The first kappa shape index (κ1) is 12.7. The molecule has 0 fully saturated rings. The Morgan fingerprint density at radius 1 is 1.50 bits per heavy atom. The third-order valence-corrected chi connectivity index (χ3v) is 2.84. The van der Waals surface area contributed by atoms with Crippen molar-refractivity contribution in [3.8, 4) is 0 Å². The first-order chi connectivity index (χ1) is 7.60. The second-order valence-electron chi connectivity index (χ2n) is 3.95. The molecule has 1 aliphatic carbocycles. The zero-order valence-electron chi connectivity index (χ0n) is 9.70. The fourth-order valence-corrected chi connectivity index (χ4v) is 1.88. The van der Waals surface area contributed by atoms with Crippen molar-refractivity contribution in [2.24, 2.45) is 0 Å². The predicted molar refractivity (Wildman–Crippen MR) is 66.0 cm³/mol. The van der Waals surface area contributed by atoms with E-state index >= 15 is 0 Å². The average Bonchev–Trinajstić information content (AvgIpc) is 2.26. The lowest BCUT2D eigenvalue weighted by Gasteiger charge is -2.21. The van der Waals surface area contributed by atoms with Gasteiger partial charge in [0, 0.05) is 5.57 Å². The molecule has 1 atom stereocenters. The number of aliphatic hydroxyl groups excluding tert-OH is 1. The van der Waals surface area contributed by atoms with Crippen LogP contribution in [0.1, 0.15) is 26.2 Å². The van der Waals surface area contributed by atoms with Crippen molar-refractivity contribution in [3.05, 3.63) is 48.1 Å². The van der Waals surface area contributed by atoms with Gasteiger partial charge in [0.2, 0.25) is 0 Å². The number of Topliss-reactive ketones (excluding diaryl/α,β-unsaturated/α-hetero) is 1. The second-order valence-corrected chi connectivity index (χ2v) is 3.95. The molecule has 0 heterocycles. The Kier molecular flexibility index (Phi) is 4.44. The summed E-state index contributed by atoms with van der Waals surface area (Å²) in [6, 6.07) is 0. The van der Waals surface area contributed by atoms with Crippen LogP contribution in [0.3, 0.4) is 0 Å². The van der Waals surface area contributed by atoms with Gasteiger partial charge in [0.15, 0.2) is 5.78 Å². The van der Waals surface area contributed by atoms with Crippen molar-refractivity contribution in [2.45, 2.75) is 32.3 Å². The second kappa shape index (κ2) is 5.61. The Hall–Kier alpha value is -1.41. The van der Waals surface area contributed by atoms with Gasteiger partial charge in [0.1, 0.15) is 0 Å².